The highest BCUT2D eigenvalue weighted by atomic mass is 32.2. The lowest BCUT2D eigenvalue weighted by atomic mass is 9.79. The van der Waals surface area contributed by atoms with Gasteiger partial charge in [0.05, 0.1) is 29.2 Å². The molecule has 0 saturated carbocycles. The smallest absolute Gasteiger partial charge is 0.399 e. The fraction of sp³-hybridized carbons (Fsp3) is 0.600. The Hall–Kier alpha value is -1.03. The normalized spacial score (nSPS) is 25.5. The maximum absolute atomic E-state index is 12.9. The van der Waals surface area contributed by atoms with Crippen molar-refractivity contribution < 1.29 is 26.5 Å². The Labute approximate surface area is 141 Å². The third kappa shape index (κ3) is 2.87. The first-order valence-corrected chi connectivity index (χ1v) is 9.12. The number of hydrogen-bond acceptors (Lipinski definition) is 4. The maximum Gasteiger partial charge on any atom is 0.494 e. The molecule has 2 heterocycles. The molecule has 24 heavy (non-hydrogen) atoms. The van der Waals surface area contributed by atoms with Crippen molar-refractivity contribution in [1.82, 2.24) is 4.31 Å². The Morgan fingerprint density at radius 3 is 1.88 bits per heavy atom. The molecule has 1 aromatic carbocycles. The van der Waals surface area contributed by atoms with Gasteiger partial charge in [-0.15, -0.1) is 0 Å². The van der Waals surface area contributed by atoms with E-state index >= 15 is 0 Å². The Balaban J connectivity index is 1.78. The van der Waals surface area contributed by atoms with Crippen LogP contribution < -0.4 is 5.46 Å². The molecule has 0 N–H and O–H groups in total. The SMILES string of the molecule is CC1(C)OB(c2ccc(S(=O)(=O)N3CC(F)(F)C3)cc2)OC1(C)C. The third-order valence-corrected chi connectivity index (χ3v) is 6.66. The number of halogens is 2. The Bertz CT molecular complexity index is 725. The molecule has 5 nitrogen and oxygen atoms in total. The molecular formula is C15H20BF2NO4S. The van der Waals surface area contributed by atoms with Crippen LogP contribution in [0.1, 0.15) is 27.7 Å². The summed E-state index contributed by atoms with van der Waals surface area (Å²) in [6.45, 7) is 6.17. The quantitative estimate of drug-likeness (QED) is 0.770. The van der Waals surface area contributed by atoms with Gasteiger partial charge in [-0.05, 0) is 45.3 Å². The summed E-state index contributed by atoms with van der Waals surface area (Å²) in [5, 5.41) is 0. The van der Waals surface area contributed by atoms with E-state index in [2.05, 4.69) is 0 Å². The molecule has 0 aliphatic carbocycles. The summed E-state index contributed by atoms with van der Waals surface area (Å²) < 4.78 is 62.9. The molecular weight excluding hydrogens is 339 g/mol. The standard InChI is InChI=1S/C15H20BF2NO4S/c1-13(2)14(3,4)23-16(22-13)11-5-7-12(8-6-11)24(20,21)19-9-15(17,18)10-19/h5-8H,9-10H2,1-4H3. The van der Waals surface area contributed by atoms with Crippen LogP contribution in [0, 0.1) is 0 Å². The van der Waals surface area contributed by atoms with Crippen molar-refractivity contribution in [3.05, 3.63) is 24.3 Å². The average Bonchev–Trinajstić information content (AvgIpc) is 2.65. The molecule has 1 aromatic rings. The van der Waals surface area contributed by atoms with E-state index in [4.69, 9.17) is 9.31 Å². The number of rotatable bonds is 3. The fourth-order valence-corrected chi connectivity index (χ4v) is 4.06. The van der Waals surface area contributed by atoms with E-state index in [-0.39, 0.29) is 4.90 Å². The van der Waals surface area contributed by atoms with Gasteiger partial charge >= 0.3 is 7.12 Å². The van der Waals surface area contributed by atoms with Crippen molar-refractivity contribution in [1.29, 1.82) is 0 Å². The Morgan fingerprint density at radius 2 is 1.46 bits per heavy atom. The van der Waals surface area contributed by atoms with E-state index in [1.54, 1.807) is 12.1 Å². The molecule has 3 rings (SSSR count). The van der Waals surface area contributed by atoms with Crippen molar-refractivity contribution >= 4 is 22.6 Å². The van der Waals surface area contributed by atoms with Gasteiger partial charge < -0.3 is 9.31 Å². The highest BCUT2D eigenvalue weighted by Gasteiger charge is 2.52. The monoisotopic (exact) mass is 359 g/mol. The van der Waals surface area contributed by atoms with E-state index in [0.717, 1.165) is 4.31 Å². The molecule has 0 bridgehead atoms. The topological polar surface area (TPSA) is 55.8 Å². The Kier molecular flexibility index (Phi) is 3.88. The number of benzene rings is 1. The second-order valence-corrected chi connectivity index (χ2v) is 9.22. The molecule has 9 heteroatoms. The highest BCUT2D eigenvalue weighted by Crippen LogP contribution is 2.36. The van der Waals surface area contributed by atoms with Crippen LogP contribution in [0.4, 0.5) is 8.78 Å². The summed E-state index contributed by atoms with van der Waals surface area (Å²) in [6.07, 6.45) is 0. The first-order valence-electron chi connectivity index (χ1n) is 7.68. The van der Waals surface area contributed by atoms with Crippen LogP contribution in [0.15, 0.2) is 29.2 Å². The van der Waals surface area contributed by atoms with Crippen LogP contribution in [0.3, 0.4) is 0 Å². The van der Waals surface area contributed by atoms with Gasteiger partial charge in [0.15, 0.2) is 0 Å². The molecule has 0 amide bonds. The maximum atomic E-state index is 12.9. The minimum Gasteiger partial charge on any atom is -0.399 e. The lowest BCUT2D eigenvalue weighted by Crippen LogP contribution is -2.58. The lowest BCUT2D eigenvalue weighted by molar-refractivity contribution is -0.0945. The Morgan fingerprint density at radius 1 is 1.00 bits per heavy atom. The van der Waals surface area contributed by atoms with Gasteiger partial charge in [-0.3, -0.25) is 0 Å². The first kappa shape index (κ1) is 17.8. The first-order chi connectivity index (χ1) is 10.8. The molecule has 2 aliphatic heterocycles. The van der Waals surface area contributed by atoms with Gasteiger partial charge in [-0.2, -0.15) is 4.31 Å². The van der Waals surface area contributed by atoms with Gasteiger partial charge in [-0.1, -0.05) is 12.1 Å². The molecule has 0 unspecified atom stereocenters. The summed E-state index contributed by atoms with van der Waals surface area (Å²) in [6, 6.07) is 5.97. The summed E-state index contributed by atoms with van der Waals surface area (Å²) in [5.74, 6) is -2.93. The predicted octanol–water partition coefficient (Wildman–Crippen LogP) is 1.63. The van der Waals surface area contributed by atoms with Gasteiger partial charge in [-0.25, -0.2) is 17.2 Å². The molecule has 2 fully saturated rings. The molecule has 0 atom stereocenters. The van der Waals surface area contributed by atoms with Crippen LogP contribution in [-0.2, 0) is 19.3 Å². The van der Waals surface area contributed by atoms with Crippen LogP contribution in [0.5, 0.6) is 0 Å². The summed E-state index contributed by atoms with van der Waals surface area (Å²) >= 11 is 0. The summed E-state index contributed by atoms with van der Waals surface area (Å²) in [5.41, 5.74) is -0.307. The van der Waals surface area contributed by atoms with Crippen LogP contribution in [-0.4, -0.2) is 50.1 Å². The van der Waals surface area contributed by atoms with Gasteiger partial charge in [0.2, 0.25) is 10.0 Å². The molecule has 0 spiro atoms. The van der Waals surface area contributed by atoms with Gasteiger partial charge in [0, 0.05) is 0 Å². The van der Waals surface area contributed by atoms with Crippen LogP contribution >= 0.6 is 0 Å². The minimum absolute atomic E-state index is 0.0155. The zero-order chi connectivity index (χ0) is 18.0. The second kappa shape index (κ2) is 5.23. The minimum atomic E-state index is -3.89. The molecule has 0 radical (unpaired) electrons. The summed E-state index contributed by atoms with van der Waals surface area (Å²) in [4.78, 5) is -0.0155. The second-order valence-electron chi connectivity index (χ2n) is 7.29. The fourth-order valence-electron chi connectivity index (χ4n) is 2.56. The molecule has 2 saturated heterocycles. The predicted molar refractivity (Wildman–Crippen MR) is 85.9 cm³/mol. The van der Waals surface area contributed by atoms with Gasteiger partial charge in [0.1, 0.15) is 0 Å². The van der Waals surface area contributed by atoms with E-state index in [0.29, 0.717) is 5.46 Å². The van der Waals surface area contributed by atoms with Crippen molar-refractivity contribution in [2.45, 2.75) is 49.7 Å². The lowest BCUT2D eigenvalue weighted by Gasteiger charge is -2.37. The number of nitrogens with zero attached hydrogens (tertiary/aromatic N) is 1. The van der Waals surface area contributed by atoms with Crippen molar-refractivity contribution in [2.24, 2.45) is 0 Å². The third-order valence-electron chi connectivity index (χ3n) is 4.86. The van der Waals surface area contributed by atoms with E-state index in [1.165, 1.54) is 12.1 Å². The highest BCUT2D eigenvalue weighted by molar-refractivity contribution is 7.89. The number of hydrogen-bond donors (Lipinski definition) is 0. The zero-order valence-corrected chi connectivity index (χ0v) is 14.9. The zero-order valence-electron chi connectivity index (χ0n) is 14.0. The van der Waals surface area contributed by atoms with Crippen LogP contribution in [0.2, 0.25) is 0 Å². The number of sulfonamides is 1. The van der Waals surface area contributed by atoms with Crippen molar-refractivity contribution in [2.75, 3.05) is 13.1 Å². The van der Waals surface area contributed by atoms with Crippen molar-refractivity contribution in [3.63, 3.8) is 0 Å². The van der Waals surface area contributed by atoms with E-state index < -0.39 is 47.4 Å². The molecule has 0 aromatic heterocycles. The van der Waals surface area contributed by atoms with Crippen LogP contribution in [0.25, 0.3) is 0 Å². The van der Waals surface area contributed by atoms with E-state index in [9.17, 15) is 17.2 Å². The average molecular weight is 359 g/mol. The summed E-state index contributed by atoms with van der Waals surface area (Å²) in [7, 11) is -4.48. The largest absolute Gasteiger partial charge is 0.494 e. The van der Waals surface area contributed by atoms with E-state index in [1.807, 2.05) is 27.7 Å². The van der Waals surface area contributed by atoms with Gasteiger partial charge in [0.25, 0.3) is 5.92 Å². The molecule has 2 aliphatic rings. The van der Waals surface area contributed by atoms with Crippen molar-refractivity contribution in [3.8, 4) is 0 Å². The molecule has 132 valence electrons. The number of alkyl halides is 2.